The third-order valence-electron chi connectivity index (χ3n) is 3.40. The maximum absolute atomic E-state index is 12.3. The topological polar surface area (TPSA) is 61.2 Å². The summed E-state index contributed by atoms with van der Waals surface area (Å²) in [5.74, 6) is 0. The van der Waals surface area contributed by atoms with Gasteiger partial charge in [-0.3, -0.25) is 0 Å². The first-order valence-electron chi connectivity index (χ1n) is 6.48. The van der Waals surface area contributed by atoms with Crippen molar-refractivity contribution < 1.29 is 8.42 Å². The number of nitrogens with zero attached hydrogens (tertiary/aromatic N) is 2. The van der Waals surface area contributed by atoms with E-state index < -0.39 is 15.3 Å². The lowest BCUT2D eigenvalue weighted by Crippen LogP contribution is -2.47. The molecule has 17 heavy (non-hydrogen) atoms. The van der Waals surface area contributed by atoms with Crippen molar-refractivity contribution in [2.24, 2.45) is 0 Å². The molecule has 0 aromatic carbocycles. The number of piperidine rings is 1. The van der Waals surface area contributed by atoms with Crippen LogP contribution in [0.2, 0.25) is 0 Å². The summed E-state index contributed by atoms with van der Waals surface area (Å²) in [7, 11) is -3.42. The normalized spacial score (nSPS) is 24.2. The van der Waals surface area contributed by atoms with Crippen LogP contribution in [0.15, 0.2) is 0 Å². The standard InChI is InChI=1S/C12H22N2O2S/c1-3-7-11-8-5-6-9-14(11)17(15,16)12(4-2)10-13/h11-12H,3-9H2,1-2H3. The average molecular weight is 258 g/mol. The van der Waals surface area contributed by atoms with Crippen LogP contribution >= 0.6 is 0 Å². The van der Waals surface area contributed by atoms with Gasteiger partial charge in [0.15, 0.2) is 5.25 Å². The zero-order valence-electron chi connectivity index (χ0n) is 10.7. The fraction of sp³-hybridized carbons (Fsp3) is 0.917. The van der Waals surface area contributed by atoms with Crippen LogP contribution < -0.4 is 0 Å². The Morgan fingerprint density at radius 2 is 2.12 bits per heavy atom. The van der Waals surface area contributed by atoms with Crippen LogP contribution in [0.5, 0.6) is 0 Å². The Kier molecular flexibility index (Phi) is 5.41. The molecule has 4 nitrogen and oxygen atoms in total. The van der Waals surface area contributed by atoms with Gasteiger partial charge in [-0.15, -0.1) is 0 Å². The summed E-state index contributed by atoms with van der Waals surface area (Å²) >= 11 is 0. The van der Waals surface area contributed by atoms with Crippen LogP contribution in [0.25, 0.3) is 0 Å². The number of rotatable bonds is 5. The predicted molar refractivity (Wildman–Crippen MR) is 67.9 cm³/mol. The third kappa shape index (κ3) is 3.20. The van der Waals surface area contributed by atoms with Gasteiger partial charge in [0.1, 0.15) is 0 Å². The molecule has 0 bridgehead atoms. The van der Waals surface area contributed by atoms with Crippen LogP contribution in [-0.4, -0.2) is 30.6 Å². The van der Waals surface area contributed by atoms with Crippen molar-refractivity contribution >= 4 is 10.0 Å². The molecule has 0 aliphatic carbocycles. The Bertz CT molecular complexity index is 370. The fourth-order valence-electron chi connectivity index (χ4n) is 2.46. The van der Waals surface area contributed by atoms with Gasteiger partial charge in [0.05, 0.1) is 6.07 Å². The van der Waals surface area contributed by atoms with E-state index in [-0.39, 0.29) is 6.04 Å². The highest BCUT2D eigenvalue weighted by molar-refractivity contribution is 7.90. The molecular formula is C12H22N2O2S. The van der Waals surface area contributed by atoms with Gasteiger partial charge < -0.3 is 0 Å². The van der Waals surface area contributed by atoms with Gasteiger partial charge in [0.2, 0.25) is 10.0 Å². The molecular weight excluding hydrogens is 236 g/mol. The molecule has 1 aliphatic rings. The molecule has 0 N–H and O–H groups in total. The zero-order chi connectivity index (χ0) is 12.9. The molecule has 2 atom stereocenters. The maximum Gasteiger partial charge on any atom is 0.230 e. The first-order valence-corrected chi connectivity index (χ1v) is 7.98. The van der Waals surface area contributed by atoms with Crippen LogP contribution in [0.1, 0.15) is 52.4 Å². The van der Waals surface area contributed by atoms with Crippen molar-refractivity contribution in [2.45, 2.75) is 63.7 Å². The molecule has 1 fully saturated rings. The summed E-state index contributed by atoms with van der Waals surface area (Å²) in [5, 5.41) is 8.08. The minimum absolute atomic E-state index is 0.112. The van der Waals surface area contributed by atoms with Crippen LogP contribution in [0, 0.1) is 11.3 Å². The van der Waals surface area contributed by atoms with E-state index in [4.69, 9.17) is 5.26 Å². The summed E-state index contributed by atoms with van der Waals surface area (Å²) in [6, 6.07) is 2.03. The highest BCUT2D eigenvalue weighted by atomic mass is 32.2. The highest BCUT2D eigenvalue weighted by Crippen LogP contribution is 2.26. The Labute approximate surface area is 105 Å². The Balaban J connectivity index is 2.91. The zero-order valence-corrected chi connectivity index (χ0v) is 11.5. The fourth-order valence-corrected chi connectivity index (χ4v) is 4.35. The summed E-state index contributed by atoms with van der Waals surface area (Å²) in [6.07, 6.45) is 5.21. The molecule has 2 unspecified atom stereocenters. The first kappa shape index (κ1) is 14.5. The monoisotopic (exact) mass is 258 g/mol. The Morgan fingerprint density at radius 3 is 2.65 bits per heavy atom. The van der Waals surface area contributed by atoms with Crippen LogP contribution in [-0.2, 0) is 10.0 Å². The van der Waals surface area contributed by atoms with Gasteiger partial charge in [-0.05, 0) is 25.7 Å². The number of hydrogen-bond donors (Lipinski definition) is 0. The number of sulfonamides is 1. The van der Waals surface area contributed by atoms with Gasteiger partial charge in [-0.2, -0.15) is 9.57 Å². The van der Waals surface area contributed by atoms with Gasteiger partial charge in [0, 0.05) is 12.6 Å². The van der Waals surface area contributed by atoms with Crippen molar-refractivity contribution in [3.05, 3.63) is 0 Å². The highest BCUT2D eigenvalue weighted by Gasteiger charge is 2.36. The van der Waals surface area contributed by atoms with Crippen molar-refractivity contribution in [1.82, 2.24) is 4.31 Å². The first-order chi connectivity index (χ1) is 8.07. The molecule has 0 aromatic heterocycles. The lowest BCUT2D eigenvalue weighted by molar-refractivity contribution is 0.238. The van der Waals surface area contributed by atoms with Gasteiger partial charge in [0.25, 0.3) is 0 Å². The van der Waals surface area contributed by atoms with E-state index in [2.05, 4.69) is 6.92 Å². The van der Waals surface area contributed by atoms with Gasteiger partial charge >= 0.3 is 0 Å². The molecule has 1 rings (SSSR count). The van der Waals surface area contributed by atoms with Crippen molar-refractivity contribution in [3.63, 3.8) is 0 Å². The van der Waals surface area contributed by atoms with Gasteiger partial charge in [-0.25, -0.2) is 8.42 Å². The molecule has 1 saturated heterocycles. The summed E-state index contributed by atoms with van der Waals surface area (Å²) in [6.45, 7) is 4.41. The van der Waals surface area contributed by atoms with E-state index in [0.717, 1.165) is 32.1 Å². The second kappa shape index (κ2) is 6.36. The van der Waals surface area contributed by atoms with Crippen molar-refractivity contribution in [3.8, 4) is 6.07 Å². The van der Waals surface area contributed by atoms with Crippen LogP contribution in [0.4, 0.5) is 0 Å². The van der Waals surface area contributed by atoms with Crippen LogP contribution in [0.3, 0.4) is 0 Å². The molecule has 1 heterocycles. The predicted octanol–water partition coefficient (Wildman–Crippen LogP) is 2.27. The quantitative estimate of drug-likeness (QED) is 0.760. The average Bonchev–Trinajstić information content (AvgIpc) is 2.31. The molecule has 5 heteroatoms. The molecule has 0 radical (unpaired) electrons. The second-order valence-electron chi connectivity index (χ2n) is 4.62. The van der Waals surface area contributed by atoms with E-state index in [1.165, 1.54) is 0 Å². The Hall–Kier alpha value is -0.600. The molecule has 0 amide bonds. The third-order valence-corrected chi connectivity index (χ3v) is 5.69. The lowest BCUT2D eigenvalue weighted by atomic mass is 10.0. The minimum Gasteiger partial charge on any atom is -0.211 e. The van der Waals surface area contributed by atoms with E-state index in [0.29, 0.717) is 13.0 Å². The summed E-state index contributed by atoms with van der Waals surface area (Å²) in [4.78, 5) is 0. The summed E-state index contributed by atoms with van der Waals surface area (Å²) < 4.78 is 26.3. The van der Waals surface area contributed by atoms with Crippen molar-refractivity contribution in [1.29, 1.82) is 5.26 Å². The number of nitriles is 1. The van der Waals surface area contributed by atoms with E-state index in [9.17, 15) is 8.42 Å². The lowest BCUT2D eigenvalue weighted by Gasteiger charge is -2.35. The smallest absolute Gasteiger partial charge is 0.211 e. The Morgan fingerprint density at radius 1 is 1.41 bits per heavy atom. The van der Waals surface area contributed by atoms with E-state index in [1.54, 1.807) is 11.2 Å². The minimum atomic E-state index is -3.42. The molecule has 0 saturated carbocycles. The molecule has 0 aromatic rings. The maximum atomic E-state index is 12.3. The molecule has 98 valence electrons. The largest absolute Gasteiger partial charge is 0.230 e. The molecule has 0 spiro atoms. The van der Waals surface area contributed by atoms with E-state index >= 15 is 0 Å². The number of hydrogen-bond acceptors (Lipinski definition) is 3. The van der Waals surface area contributed by atoms with Gasteiger partial charge in [-0.1, -0.05) is 26.7 Å². The van der Waals surface area contributed by atoms with E-state index in [1.807, 2.05) is 6.07 Å². The second-order valence-corrected chi connectivity index (χ2v) is 6.69. The SMILES string of the molecule is CCCC1CCCCN1S(=O)(=O)C(C#N)CC. The summed E-state index contributed by atoms with van der Waals surface area (Å²) in [5.41, 5.74) is 0. The molecule has 1 aliphatic heterocycles. The van der Waals surface area contributed by atoms with Crippen molar-refractivity contribution in [2.75, 3.05) is 6.54 Å².